The predicted molar refractivity (Wildman–Crippen MR) is 67.9 cm³/mol. The topological polar surface area (TPSA) is 55.4 Å². The monoisotopic (exact) mass is 253 g/mol. The zero-order valence-corrected chi connectivity index (χ0v) is 11.3. The maximum Gasteiger partial charge on any atom is 0.307 e. The fraction of sp³-hybridized carbons (Fsp3) is 0.857. The Balaban J connectivity index is 2.09. The Morgan fingerprint density at radius 3 is 2.72 bits per heavy atom. The van der Waals surface area contributed by atoms with Crippen LogP contribution in [0.4, 0.5) is 0 Å². The minimum atomic E-state index is -0.493. The van der Waals surface area contributed by atoms with Gasteiger partial charge in [-0.3, -0.25) is 9.59 Å². The lowest BCUT2D eigenvalue weighted by Gasteiger charge is -2.36. The first-order chi connectivity index (χ1) is 8.57. The lowest BCUT2D eigenvalue weighted by molar-refractivity contribution is -0.153. The van der Waals surface area contributed by atoms with Gasteiger partial charge in [-0.15, -0.1) is 0 Å². The normalized spacial score (nSPS) is 27.9. The first-order valence-electron chi connectivity index (χ1n) is 7.09. The Labute approximate surface area is 108 Å². The van der Waals surface area contributed by atoms with Gasteiger partial charge in [-0.2, -0.15) is 0 Å². The van der Waals surface area contributed by atoms with Gasteiger partial charge in [-0.05, 0) is 39.0 Å². The van der Waals surface area contributed by atoms with Crippen LogP contribution in [0.2, 0.25) is 0 Å². The molecule has 4 nitrogen and oxygen atoms in total. The number of carbonyl (C=O) groups excluding carboxylic acids is 2. The molecule has 1 spiro atoms. The van der Waals surface area contributed by atoms with Crippen LogP contribution in [0, 0.1) is 5.92 Å². The third kappa shape index (κ3) is 2.52. The number of esters is 1. The van der Waals surface area contributed by atoms with Crippen LogP contribution in [0.5, 0.6) is 0 Å². The molecule has 0 unspecified atom stereocenters. The van der Waals surface area contributed by atoms with Gasteiger partial charge < -0.3 is 10.1 Å². The Bertz CT molecular complexity index is 334. The maximum atomic E-state index is 12.3. The molecule has 1 aliphatic heterocycles. The number of rotatable bonds is 3. The summed E-state index contributed by atoms with van der Waals surface area (Å²) >= 11 is 0. The van der Waals surface area contributed by atoms with Gasteiger partial charge in [0.15, 0.2) is 0 Å². The van der Waals surface area contributed by atoms with E-state index in [0.717, 1.165) is 32.1 Å². The lowest BCUT2D eigenvalue weighted by Crippen LogP contribution is -2.47. The summed E-state index contributed by atoms with van der Waals surface area (Å²) < 4.78 is 5.54. The molecule has 18 heavy (non-hydrogen) atoms. The fourth-order valence-electron chi connectivity index (χ4n) is 3.07. The molecule has 1 saturated carbocycles. The molecule has 2 atom stereocenters. The second-order valence-electron chi connectivity index (χ2n) is 5.67. The van der Waals surface area contributed by atoms with Crippen LogP contribution in [-0.2, 0) is 14.3 Å². The van der Waals surface area contributed by atoms with E-state index >= 15 is 0 Å². The molecule has 0 radical (unpaired) electrons. The van der Waals surface area contributed by atoms with Crippen molar-refractivity contribution in [3.63, 3.8) is 0 Å². The Morgan fingerprint density at radius 2 is 2.11 bits per heavy atom. The predicted octanol–water partition coefficient (Wildman–Crippen LogP) is 2.17. The Hall–Kier alpha value is -1.06. The third-order valence-electron chi connectivity index (χ3n) is 4.34. The summed E-state index contributed by atoms with van der Waals surface area (Å²) in [6, 6.07) is 0.161. The number of carbonyl (C=O) groups is 2. The van der Waals surface area contributed by atoms with Crippen LogP contribution < -0.4 is 5.32 Å². The average molecular weight is 253 g/mol. The molecular weight excluding hydrogens is 230 g/mol. The van der Waals surface area contributed by atoms with E-state index in [1.807, 2.05) is 13.8 Å². The first kappa shape index (κ1) is 13.4. The fourth-order valence-corrected chi connectivity index (χ4v) is 3.07. The molecule has 2 rings (SSSR count). The molecule has 0 aromatic rings. The van der Waals surface area contributed by atoms with Gasteiger partial charge in [0.1, 0.15) is 5.60 Å². The number of hydrogen-bond donors (Lipinski definition) is 1. The summed E-state index contributed by atoms with van der Waals surface area (Å²) in [5.41, 5.74) is -0.493. The molecule has 1 heterocycles. The molecule has 1 aliphatic carbocycles. The Kier molecular flexibility index (Phi) is 3.93. The molecule has 1 amide bonds. The van der Waals surface area contributed by atoms with Gasteiger partial charge in [0, 0.05) is 6.04 Å². The van der Waals surface area contributed by atoms with Crippen LogP contribution in [-0.4, -0.2) is 23.5 Å². The van der Waals surface area contributed by atoms with Gasteiger partial charge in [0.05, 0.1) is 12.3 Å². The van der Waals surface area contributed by atoms with Crippen molar-refractivity contribution in [1.29, 1.82) is 0 Å². The summed E-state index contributed by atoms with van der Waals surface area (Å²) in [6.45, 7) is 4.03. The molecular formula is C14H23NO3. The Morgan fingerprint density at radius 1 is 1.44 bits per heavy atom. The quantitative estimate of drug-likeness (QED) is 0.784. The first-order valence-corrected chi connectivity index (χ1v) is 7.09. The second kappa shape index (κ2) is 5.29. The van der Waals surface area contributed by atoms with E-state index in [0.29, 0.717) is 0 Å². The van der Waals surface area contributed by atoms with Gasteiger partial charge in [-0.25, -0.2) is 0 Å². The van der Waals surface area contributed by atoms with Crippen LogP contribution in [0.25, 0.3) is 0 Å². The van der Waals surface area contributed by atoms with Crippen molar-refractivity contribution in [2.45, 2.75) is 70.4 Å². The third-order valence-corrected chi connectivity index (χ3v) is 4.34. The summed E-state index contributed by atoms with van der Waals surface area (Å²) in [7, 11) is 0. The van der Waals surface area contributed by atoms with Crippen molar-refractivity contribution in [2.75, 3.05) is 0 Å². The molecule has 4 heteroatoms. The molecule has 2 fully saturated rings. The summed E-state index contributed by atoms with van der Waals surface area (Å²) in [4.78, 5) is 23.9. The highest BCUT2D eigenvalue weighted by molar-refractivity contribution is 5.88. The van der Waals surface area contributed by atoms with E-state index in [1.54, 1.807) is 0 Å². The average Bonchev–Trinajstić information content (AvgIpc) is 2.66. The zero-order valence-electron chi connectivity index (χ0n) is 11.3. The second-order valence-corrected chi connectivity index (χ2v) is 5.67. The van der Waals surface area contributed by atoms with E-state index in [9.17, 15) is 9.59 Å². The number of amides is 1. The van der Waals surface area contributed by atoms with Gasteiger partial charge >= 0.3 is 5.97 Å². The van der Waals surface area contributed by atoms with Gasteiger partial charge in [0.25, 0.3) is 0 Å². The van der Waals surface area contributed by atoms with Crippen molar-refractivity contribution in [3.8, 4) is 0 Å². The van der Waals surface area contributed by atoms with E-state index < -0.39 is 5.60 Å². The molecule has 1 saturated heterocycles. The minimum Gasteiger partial charge on any atom is -0.458 e. The molecule has 0 aromatic heterocycles. The number of nitrogens with one attached hydrogen (secondary N) is 1. The van der Waals surface area contributed by atoms with Crippen molar-refractivity contribution in [2.24, 2.45) is 5.92 Å². The van der Waals surface area contributed by atoms with Crippen molar-refractivity contribution >= 4 is 11.9 Å². The smallest absolute Gasteiger partial charge is 0.307 e. The largest absolute Gasteiger partial charge is 0.458 e. The van der Waals surface area contributed by atoms with Crippen LogP contribution in [0.1, 0.15) is 58.8 Å². The van der Waals surface area contributed by atoms with Crippen molar-refractivity contribution in [3.05, 3.63) is 0 Å². The van der Waals surface area contributed by atoms with Gasteiger partial charge in [-0.1, -0.05) is 13.3 Å². The van der Waals surface area contributed by atoms with E-state index in [2.05, 4.69) is 5.32 Å². The number of ether oxygens (including phenoxy) is 1. The molecule has 102 valence electrons. The van der Waals surface area contributed by atoms with E-state index in [4.69, 9.17) is 4.74 Å². The van der Waals surface area contributed by atoms with Crippen LogP contribution >= 0.6 is 0 Å². The minimum absolute atomic E-state index is 0.00269. The van der Waals surface area contributed by atoms with Crippen LogP contribution in [0.15, 0.2) is 0 Å². The van der Waals surface area contributed by atoms with E-state index in [-0.39, 0.29) is 30.3 Å². The highest BCUT2D eigenvalue weighted by Crippen LogP contribution is 2.44. The van der Waals surface area contributed by atoms with Gasteiger partial charge in [0.2, 0.25) is 5.91 Å². The van der Waals surface area contributed by atoms with Crippen molar-refractivity contribution in [1.82, 2.24) is 5.32 Å². The summed E-state index contributed by atoms with van der Waals surface area (Å²) in [5.74, 6) is -0.488. The van der Waals surface area contributed by atoms with Crippen molar-refractivity contribution < 1.29 is 14.3 Å². The summed E-state index contributed by atoms with van der Waals surface area (Å²) in [6.07, 6.45) is 6.14. The molecule has 2 aliphatic rings. The highest BCUT2D eigenvalue weighted by atomic mass is 16.6. The number of hydrogen-bond acceptors (Lipinski definition) is 3. The standard InChI is InChI=1S/C14H23NO3/c1-3-10(2)15-13(17)11-9-12(16)18-14(11)7-5-4-6-8-14/h10-11H,3-9H2,1-2H3,(H,15,17)/t10-,11+/m1/s1. The molecule has 0 bridgehead atoms. The highest BCUT2D eigenvalue weighted by Gasteiger charge is 2.52. The zero-order chi connectivity index (χ0) is 13.2. The SMILES string of the molecule is CC[C@@H](C)NC(=O)[C@@H]1CC(=O)OC12CCCCC2. The van der Waals surface area contributed by atoms with Crippen LogP contribution in [0.3, 0.4) is 0 Å². The summed E-state index contributed by atoms with van der Waals surface area (Å²) in [5, 5.41) is 2.99. The maximum absolute atomic E-state index is 12.3. The molecule has 0 aromatic carbocycles. The lowest BCUT2D eigenvalue weighted by atomic mass is 9.75. The molecule has 1 N–H and O–H groups in total. The van der Waals surface area contributed by atoms with E-state index in [1.165, 1.54) is 6.42 Å².